The standard InChI is InChI=1S/C24H16ClFN2O2S2.C21H16BrFN2O3S.C4H5BO2S/c1-15-5-7-18(8-6-15)32(29,30)28-13-21(19-3-2-4-22(26)23(19)25)20-11-17(12-27-24(20)28)16-9-10-31-14-16;1-13-6-8-15(9-7-13)29(26,27)25-12-18(17-10-14(22)11-24-21(17)25)16-4-3-5-19(23)20(16)28-2;6-5(7)4-1-2-8-3-4/h2-14H,1H3;3-12H,1-2H3;1-3,6-7H. The fourth-order valence-corrected chi connectivity index (χ4v) is 11.8. The number of benzene rings is 4. The van der Waals surface area contributed by atoms with Gasteiger partial charge in [0.2, 0.25) is 0 Å². The van der Waals surface area contributed by atoms with Gasteiger partial charge in [0.25, 0.3) is 20.0 Å². The van der Waals surface area contributed by atoms with Crippen LogP contribution < -0.4 is 10.2 Å². The molecule has 10 rings (SSSR count). The zero-order valence-electron chi connectivity index (χ0n) is 36.5. The van der Waals surface area contributed by atoms with Gasteiger partial charge in [-0.1, -0.05) is 77.3 Å². The average molecular weight is 1090 g/mol. The van der Waals surface area contributed by atoms with Crippen LogP contribution in [0.25, 0.3) is 55.4 Å². The van der Waals surface area contributed by atoms with Crippen molar-refractivity contribution >= 4 is 105 Å². The number of thiophene rings is 2. The number of rotatable bonds is 9. The highest BCUT2D eigenvalue weighted by Gasteiger charge is 2.27. The molecule has 0 fully saturated rings. The number of aryl methyl sites for hydroxylation is 2. The first-order valence-electron chi connectivity index (χ1n) is 20.5. The molecular weight excluding hydrogens is 1050 g/mol. The van der Waals surface area contributed by atoms with Crippen LogP contribution in [0, 0.1) is 25.5 Å². The molecular formula is C49H37BBrClF2N4O7S4. The van der Waals surface area contributed by atoms with Crippen molar-refractivity contribution < 1.29 is 40.4 Å². The van der Waals surface area contributed by atoms with Gasteiger partial charge in [-0.2, -0.15) is 22.7 Å². The number of halogens is 4. The molecule has 20 heteroatoms. The number of nitrogens with zero attached hydrogens (tertiary/aromatic N) is 4. The minimum absolute atomic E-state index is 0.0410. The summed E-state index contributed by atoms with van der Waals surface area (Å²) in [6.45, 7) is 3.77. The highest BCUT2D eigenvalue weighted by atomic mass is 79.9. The topological polar surface area (TPSA) is 154 Å². The second kappa shape index (κ2) is 20.5. The molecule has 0 saturated heterocycles. The van der Waals surface area contributed by atoms with Crippen LogP contribution in [0.1, 0.15) is 11.1 Å². The lowest BCUT2D eigenvalue weighted by Gasteiger charge is -2.08. The number of hydrogen-bond acceptors (Lipinski definition) is 11. The Bertz CT molecular complexity index is 3690. The van der Waals surface area contributed by atoms with Crippen LogP contribution in [-0.4, -0.2) is 59.0 Å². The maximum atomic E-state index is 14.3. The number of hydrogen-bond donors (Lipinski definition) is 2. The maximum Gasteiger partial charge on any atom is 0.489 e. The smallest absolute Gasteiger partial charge is 0.489 e. The van der Waals surface area contributed by atoms with E-state index in [4.69, 9.17) is 26.4 Å². The monoisotopic (exact) mass is 1080 g/mol. The fourth-order valence-electron chi connectivity index (χ4n) is 7.23. The lowest BCUT2D eigenvalue weighted by Crippen LogP contribution is -2.27. The van der Waals surface area contributed by atoms with Crippen LogP contribution in [0.15, 0.2) is 170 Å². The SMILES string of the molecule is COc1c(F)cccc1-c1cn(S(=O)(=O)c2ccc(C)cc2)c2ncc(Br)cc12.Cc1ccc(S(=O)(=O)n2cc(-c3cccc(F)c3Cl)c3cc(-c4ccsc4)cnc32)cc1.OB(O)c1ccsc1. The normalized spacial score (nSPS) is 11.5. The molecule has 0 spiro atoms. The molecule has 69 heavy (non-hydrogen) atoms. The molecule has 0 amide bonds. The van der Waals surface area contributed by atoms with Crippen LogP contribution in [0.2, 0.25) is 5.02 Å². The number of methoxy groups -OCH3 is 1. The van der Waals surface area contributed by atoms with Gasteiger partial charge in [0.15, 0.2) is 22.9 Å². The summed E-state index contributed by atoms with van der Waals surface area (Å²) in [5, 5.41) is 25.4. The quantitative estimate of drug-likeness (QED) is 0.134. The van der Waals surface area contributed by atoms with Crippen molar-refractivity contribution in [2.75, 3.05) is 7.11 Å². The first kappa shape index (κ1) is 49.4. The predicted octanol–water partition coefficient (Wildman–Crippen LogP) is 11.4. The van der Waals surface area contributed by atoms with E-state index in [9.17, 15) is 25.6 Å². The Morgan fingerprint density at radius 2 is 1.17 bits per heavy atom. The summed E-state index contributed by atoms with van der Waals surface area (Å²) in [4.78, 5) is 9.09. The number of aromatic nitrogens is 4. The van der Waals surface area contributed by atoms with Crippen LogP contribution in [-0.2, 0) is 20.0 Å². The zero-order valence-corrected chi connectivity index (χ0v) is 42.1. The van der Waals surface area contributed by atoms with E-state index in [2.05, 4.69) is 25.9 Å². The van der Waals surface area contributed by atoms with Crippen molar-refractivity contribution in [1.82, 2.24) is 17.9 Å². The van der Waals surface area contributed by atoms with Crippen LogP contribution in [0.4, 0.5) is 8.78 Å². The van der Waals surface area contributed by atoms with E-state index in [1.54, 1.807) is 113 Å². The molecule has 0 radical (unpaired) electrons. The lowest BCUT2D eigenvalue weighted by atomic mass is 9.83. The van der Waals surface area contributed by atoms with Gasteiger partial charge in [0.1, 0.15) is 5.82 Å². The molecule has 10 aromatic rings. The van der Waals surface area contributed by atoms with Gasteiger partial charge in [-0.25, -0.2) is 43.5 Å². The van der Waals surface area contributed by atoms with Gasteiger partial charge >= 0.3 is 7.12 Å². The average Bonchev–Trinajstić information content (AvgIpc) is 4.18. The van der Waals surface area contributed by atoms with Gasteiger partial charge < -0.3 is 14.8 Å². The van der Waals surface area contributed by atoms with Crippen molar-refractivity contribution in [3.8, 4) is 39.1 Å². The van der Waals surface area contributed by atoms with E-state index in [1.807, 2.05) is 36.7 Å². The molecule has 0 aliphatic heterocycles. The molecule has 11 nitrogen and oxygen atoms in total. The van der Waals surface area contributed by atoms with E-state index in [0.29, 0.717) is 43.0 Å². The largest absolute Gasteiger partial charge is 0.493 e. The Morgan fingerprint density at radius 3 is 1.70 bits per heavy atom. The third kappa shape index (κ3) is 10.2. The Kier molecular flexibility index (Phi) is 14.7. The Morgan fingerprint density at radius 1 is 0.652 bits per heavy atom. The predicted molar refractivity (Wildman–Crippen MR) is 274 cm³/mol. The molecule has 0 saturated carbocycles. The van der Waals surface area contributed by atoms with Crippen molar-refractivity contribution in [2.24, 2.45) is 0 Å². The van der Waals surface area contributed by atoms with Gasteiger partial charge in [-0.3, -0.25) is 0 Å². The summed E-state index contributed by atoms with van der Waals surface area (Å²) < 4.78 is 90.3. The van der Waals surface area contributed by atoms with E-state index in [0.717, 1.165) is 30.2 Å². The number of para-hydroxylation sites is 1. The number of ether oxygens (including phenoxy) is 1. The number of pyridine rings is 2. The van der Waals surface area contributed by atoms with Crippen molar-refractivity contribution in [1.29, 1.82) is 0 Å². The van der Waals surface area contributed by atoms with Gasteiger partial charge in [-0.15, -0.1) is 0 Å². The molecule has 350 valence electrons. The van der Waals surface area contributed by atoms with Crippen LogP contribution in [0.5, 0.6) is 5.75 Å². The van der Waals surface area contributed by atoms with Gasteiger partial charge in [0, 0.05) is 67.8 Å². The first-order chi connectivity index (χ1) is 33.0. The molecule has 0 unspecified atom stereocenters. The Hall–Kier alpha value is -6.03. The summed E-state index contributed by atoms with van der Waals surface area (Å²) in [5.74, 6) is -1.07. The second-order valence-corrected chi connectivity index (χ2v) is 21.8. The molecule has 0 aliphatic rings. The molecule has 0 atom stereocenters. The summed E-state index contributed by atoms with van der Waals surface area (Å²) in [6.07, 6.45) is 6.08. The van der Waals surface area contributed by atoms with Gasteiger partial charge in [0.05, 0.1) is 21.9 Å². The minimum Gasteiger partial charge on any atom is -0.493 e. The summed E-state index contributed by atoms with van der Waals surface area (Å²) in [7, 11) is -7.78. The minimum atomic E-state index is -3.94. The van der Waals surface area contributed by atoms with Crippen LogP contribution in [0.3, 0.4) is 0 Å². The first-order valence-corrected chi connectivity index (χ1v) is 26.4. The maximum absolute atomic E-state index is 14.3. The highest BCUT2D eigenvalue weighted by Crippen LogP contribution is 2.41. The zero-order chi connectivity index (χ0) is 49.2. The molecule has 0 bridgehead atoms. The summed E-state index contributed by atoms with van der Waals surface area (Å²) in [6, 6.07) is 29.4. The summed E-state index contributed by atoms with van der Waals surface area (Å²) >= 11 is 12.6. The molecule has 2 N–H and O–H groups in total. The third-order valence-electron chi connectivity index (χ3n) is 10.7. The van der Waals surface area contributed by atoms with Crippen LogP contribution >= 0.6 is 50.2 Å². The van der Waals surface area contributed by atoms with E-state index in [-0.39, 0.29) is 31.9 Å². The van der Waals surface area contributed by atoms with Crippen molar-refractivity contribution in [3.05, 3.63) is 188 Å². The molecule has 6 heterocycles. The molecule has 4 aromatic carbocycles. The number of fused-ring (bicyclic) bond motifs is 2. The third-order valence-corrected chi connectivity index (χ3v) is 16.3. The lowest BCUT2D eigenvalue weighted by molar-refractivity contribution is 0.388. The molecule has 0 aliphatic carbocycles. The molecule has 6 aromatic heterocycles. The van der Waals surface area contributed by atoms with E-state index in [1.165, 1.54) is 49.2 Å². The Balaban J connectivity index is 0.000000161. The summed E-state index contributed by atoms with van der Waals surface area (Å²) in [5.41, 5.74) is 6.60. The van der Waals surface area contributed by atoms with E-state index >= 15 is 0 Å². The van der Waals surface area contributed by atoms with E-state index < -0.39 is 38.8 Å². The highest BCUT2D eigenvalue weighted by molar-refractivity contribution is 9.10. The van der Waals surface area contributed by atoms with Gasteiger partial charge in [-0.05, 0) is 117 Å². The Labute approximate surface area is 417 Å². The van der Waals surface area contributed by atoms with Crippen molar-refractivity contribution in [2.45, 2.75) is 23.6 Å². The fraction of sp³-hybridized carbons (Fsp3) is 0.0612. The van der Waals surface area contributed by atoms with Crippen molar-refractivity contribution in [3.63, 3.8) is 0 Å². The second-order valence-electron chi connectivity index (χ2n) is 15.3.